The van der Waals surface area contributed by atoms with Crippen molar-refractivity contribution in [2.24, 2.45) is 11.8 Å². The third-order valence-electron chi connectivity index (χ3n) is 3.24. The van der Waals surface area contributed by atoms with Crippen LogP contribution in [0.3, 0.4) is 0 Å². The second-order valence-corrected chi connectivity index (χ2v) is 4.95. The van der Waals surface area contributed by atoms with Crippen molar-refractivity contribution < 1.29 is 5.11 Å². The number of hydrogen-bond acceptors (Lipinski definition) is 2. The molecule has 2 unspecified atom stereocenters. The van der Waals surface area contributed by atoms with Gasteiger partial charge in [-0.2, -0.15) is 0 Å². The lowest BCUT2D eigenvalue weighted by Crippen LogP contribution is -2.53. The zero-order chi connectivity index (χ0) is 10.6. The summed E-state index contributed by atoms with van der Waals surface area (Å²) in [5.41, 5.74) is 0. The van der Waals surface area contributed by atoms with Crippen LogP contribution in [0.25, 0.3) is 0 Å². The average Bonchev–Trinajstić information content (AvgIpc) is 2.12. The molecule has 1 aliphatic heterocycles. The van der Waals surface area contributed by atoms with Crippen LogP contribution in [0.4, 0.5) is 0 Å². The van der Waals surface area contributed by atoms with E-state index in [9.17, 15) is 5.11 Å². The van der Waals surface area contributed by atoms with Crippen molar-refractivity contribution in [2.75, 3.05) is 13.1 Å². The van der Waals surface area contributed by atoms with Gasteiger partial charge < -0.3 is 5.11 Å². The van der Waals surface area contributed by atoms with Gasteiger partial charge in [-0.25, -0.2) is 0 Å². The number of likely N-dealkylation sites (tertiary alicyclic amines) is 1. The quantitative estimate of drug-likeness (QED) is 0.664. The van der Waals surface area contributed by atoms with Gasteiger partial charge in [0, 0.05) is 13.1 Å². The van der Waals surface area contributed by atoms with E-state index in [0.717, 1.165) is 19.0 Å². The maximum Gasteiger partial charge on any atom is 0.109 e. The Morgan fingerprint density at radius 1 is 1.36 bits per heavy atom. The van der Waals surface area contributed by atoms with Crippen LogP contribution < -0.4 is 0 Å². The molecular formula is C12H25NO. The molecule has 2 atom stereocenters. The summed E-state index contributed by atoms with van der Waals surface area (Å²) in [6.07, 6.45) is 4.80. The van der Waals surface area contributed by atoms with E-state index >= 15 is 0 Å². The van der Waals surface area contributed by atoms with Gasteiger partial charge in [0.1, 0.15) is 6.23 Å². The zero-order valence-electron chi connectivity index (χ0n) is 9.87. The van der Waals surface area contributed by atoms with Crippen LogP contribution in [0.5, 0.6) is 0 Å². The minimum atomic E-state index is -0.192. The first kappa shape index (κ1) is 12.0. The Bertz CT molecular complexity index is 154. The summed E-state index contributed by atoms with van der Waals surface area (Å²) in [7, 11) is 0. The van der Waals surface area contributed by atoms with Gasteiger partial charge in [0.25, 0.3) is 0 Å². The van der Waals surface area contributed by atoms with Crippen LogP contribution in [0.1, 0.15) is 46.5 Å². The first-order valence-corrected chi connectivity index (χ1v) is 6.07. The second kappa shape index (κ2) is 5.72. The number of aliphatic hydroxyl groups excluding tert-OH is 1. The SMILES string of the molecule is CCCCCC(C)C(O)N1CC(C)C1. The summed E-state index contributed by atoms with van der Waals surface area (Å²) in [5, 5.41) is 9.98. The molecule has 1 rings (SSSR count). The fourth-order valence-electron chi connectivity index (χ4n) is 2.19. The Kier molecular flexibility index (Phi) is 4.90. The highest BCUT2D eigenvalue weighted by Gasteiger charge is 2.30. The Morgan fingerprint density at radius 3 is 2.50 bits per heavy atom. The fourth-order valence-corrected chi connectivity index (χ4v) is 2.19. The minimum absolute atomic E-state index is 0.192. The molecule has 2 heteroatoms. The maximum atomic E-state index is 9.98. The van der Waals surface area contributed by atoms with E-state index in [1.807, 2.05) is 0 Å². The highest BCUT2D eigenvalue weighted by Crippen LogP contribution is 2.23. The molecule has 0 spiro atoms. The molecule has 1 aliphatic rings. The van der Waals surface area contributed by atoms with Crippen LogP contribution in [-0.4, -0.2) is 29.3 Å². The van der Waals surface area contributed by atoms with E-state index in [2.05, 4.69) is 25.7 Å². The number of rotatable bonds is 6. The average molecular weight is 199 g/mol. The van der Waals surface area contributed by atoms with Gasteiger partial charge in [-0.1, -0.05) is 40.0 Å². The van der Waals surface area contributed by atoms with Gasteiger partial charge >= 0.3 is 0 Å². The van der Waals surface area contributed by atoms with Crippen LogP contribution in [0.15, 0.2) is 0 Å². The molecule has 84 valence electrons. The molecule has 1 saturated heterocycles. The molecule has 0 aromatic heterocycles. The largest absolute Gasteiger partial charge is 0.378 e. The molecule has 0 aromatic rings. The van der Waals surface area contributed by atoms with E-state index in [-0.39, 0.29) is 6.23 Å². The Morgan fingerprint density at radius 2 is 2.00 bits per heavy atom. The van der Waals surface area contributed by atoms with Gasteiger partial charge in [-0.15, -0.1) is 0 Å². The smallest absolute Gasteiger partial charge is 0.109 e. The zero-order valence-corrected chi connectivity index (χ0v) is 9.87. The molecule has 0 aliphatic carbocycles. The predicted octanol–water partition coefficient (Wildman–Crippen LogP) is 2.47. The third-order valence-corrected chi connectivity index (χ3v) is 3.24. The number of hydrogen-bond donors (Lipinski definition) is 1. The van der Waals surface area contributed by atoms with Gasteiger partial charge in [-0.3, -0.25) is 4.90 Å². The van der Waals surface area contributed by atoms with Crippen molar-refractivity contribution in [2.45, 2.75) is 52.7 Å². The van der Waals surface area contributed by atoms with Crippen molar-refractivity contribution in [1.82, 2.24) is 4.90 Å². The highest BCUT2D eigenvalue weighted by molar-refractivity contribution is 4.80. The molecule has 0 aromatic carbocycles. The summed E-state index contributed by atoms with van der Waals surface area (Å²) >= 11 is 0. The van der Waals surface area contributed by atoms with E-state index in [4.69, 9.17) is 0 Å². The lowest BCUT2D eigenvalue weighted by Gasteiger charge is -2.42. The molecule has 0 radical (unpaired) electrons. The molecule has 2 nitrogen and oxygen atoms in total. The first-order valence-electron chi connectivity index (χ1n) is 6.07. The maximum absolute atomic E-state index is 9.98. The van der Waals surface area contributed by atoms with Gasteiger partial charge in [0.2, 0.25) is 0 Å². The van der Waals surface area contributed by atoms with Crippen molar-refractivity contribution in [3.63, 3.8) is 0 Å². The van der Waals surface area contributed by atoms with Crippen LogP contribution >= 0.6 is 0 Å². The van der Waals surface area contributed by atoms with E-state index in [0.29, 0.717) is 5.92 Å². The normalized spacial score (nSPS) is 23.1. The summed E-state index contributed by atoms with van der Waals surface area (Å²) in [6, 6.07) is 0. The molecule has 1 fully saturated rings. The summed E-state index contributed by atoms with van der Waals surface area (Å²) in [5.74, 6) is 1.22. The predicted molar refractivity (Wildman–Crippen MR) is 60.0 cm³/mol. The molecule has 0 bridgehead atoms. The number of unbranched alkanes of at least 4 members (excludes halogenated alkanes) is 2. The molecule has 1 heterocycles. The molecule has 14 heavy (non-hydrogen) atoms. The lowest BCUT2D eigenvalue weighted by molar-refractivity contribution is -0.0907. The summed E-state index contributed by atoms with van der Waals surface area (Å²) in [6.45, 7) is 8.80. The Balaban J connectivity index is 2.13. The van der Waals surface area contributed by atoms with Gasteiger partial charge in [0.05, 0.1) is 0 Å². The van der Waals surface area contributed by atoms with E-state index < -0.39 is 0 Å². The standard InChI is InChI=1S/C12H25NO/c1-4-5-6-7-11(3)12(14)13-8-10(2)9-13/h10-12,14H,4-9H2,1-3H3. The Labute approximate surface area is 88.3 Å². The fraction of sp³-hybridized carbons (Fsp3) is 1.00. The van der Waals surface area contributed by atoms with Crippen LogP contribution in [0.2, 0.25) is 0 Å². The molecule has 0 saturated carbocycles. The summed E-state index contributed by atoms with van der Waals surface area (Å²) < 4.78 is 0. The minimum Gasteiger partial charge on any atom is -0.378 e. The molecule has 1 N–H and O–H groups in total. The van der Waals surface area contributed by atoms with E-state index in [1.54, 1.807) is 0 Å². The number of nitrogens with zero attached hydrogens (tertiary/aromatic N) is 1. The summed E-state index contributed by atoms with van der Waals surface area (Å²) in [4.78, 5) is 2.20. The third kappa shape index (κ3) is 3.25. The first-order chi connectivity index (χ1) is 6.65. The van der Waals surface area contributed by atoms with Crippen molar-refractivity contribution in [3.8, 4) is 0 Å². The highest BCUT2D eigenvalue weighted by atomic mass is 16.3. The van der Waals surface area contributed by atoms with Gasteiger partial charge in [-0.05, 0) is 18.3 Å². The Hall–Kier alpha value is -0.0800. The second-order valence-electron chi connectivity index (χ2n) is 4.95. The molecule has 0 amide bonds. The monoisotopic (exact) mass is 199 g/mol. The number of aliphatic hydroxyl groups is 1. The van der Waals surface area contributed by atoms with Crippen molar-refractivity contribution >= 4 is 0 Å². The van der Waals surface area contributed by atoms with Gasteiger partial charge in [0.15, 0.2) is 0 Å². The molecular weight excluding hydrogens is 174 g/mol. The topological polar surface area (TPSA) is 23.5 Å². The lowest BCUT2D eigenvalue weighted by atomic mass is 9.95. The van der Waals surface area contributed by atoms with Crippen molar-refractivity contribution in [3.05, 3.63) is 0 Å². The van der Waals surface area contributed by atoms with E-state index in [1.165, 1.54) is 25.7 Å². The van der Waals surface area contributed by atoms with Crippen molar-refractivity contribution in [1.29, 1.82) is 0 Å². The van der Waals surface area contributed by atoms with Crippen LogP contribution in [-0.2, 0) is 0 Å². The van der Waals surface area contributed by atoms with Crippen LogP contribution in [0, 0.1) is 11.8 Å².